The first-order chi connectivity index (χ1) is 7.63. The molecule has 0 aliphatic heterocycles. The summed E-state index contributed by atoms with van der Waals surface area (Å²) >= 11 is 0. The lowest BCUT2D eigenvalue weighted by atomic mass is 9.87. The molecule has 0 saturated carbocycles. The monoisotopic (exact) mass is 226 g/mol. The molecule has 2 atom stereocenters. The lowest BCUT2D eigenvalue weighted by Gasteiger charge is -2.19. The van der Waals surface area contributed by atoms with Crippen LogP contribution in [0.3, 0.4) is 0 Å². The van der Waals surface area contributed by atoms with Crippen LogP contribution in [0.15, 0.2) is 11.8 Å². The molecular weight excluding hydrogens is 208 g/mol. The molecule has 0 aromatic rings. The van der Waals surface area contributed by atoms with Gasteiger partial charge in [-0.05, 0) is 6.42 Å². The van der Waals surface area contributed by atoms with Gasteiger partial charge in [0.1, 0.15) is 5.76 Å². The first kappa shape index (κ1) is 12.7. The van der Waals surface area contributed by atoms with Crippen LogP contribution in [-0.4, -0.2) is 26.0 Å². The van der Waals surface area contributed by atoms with Crippen LogP contribution in [0, 0.1) is 11.8 Å². The average Bonchev–Trinajstić information content (AvgIpc) is 2.57. The zero-order chi connectivity index (χ0) is 12.1. The molecular formula is C12H18O4. The second kappa shape index (κ2) is 5.68. The molecule has 0 aromatic carbocycles. The van der Waals surface area contributed by atoms with Crippen molar-refractivity contribution in [2.24, 2.45) is 11.8 Å². The van der Waals surface area contributed by atoms with E-state index in [9.17, 15) is 9.59 Å². The molecule has 0 amide bonds. The molecule has 0 saturated heterocycles. The van der Waals surface area contributed by atoms with Gasteiger partial charge in [0, 0.05) is 17.9 Å². The fourth-order valence-corrected chi connectivity index (χ4v) is 2.12. The van der Waals surface area contributed by atoms with Crippen molar-refractivity contribution >= 4 is 11.8 Å². The molecule has 0 fully saturated rings. The first-order valence-electron chi connectivity index (χ1n) is 5.50. The Labute approximate surface area is 95.6 Å². The maximum absolute atomic E-state index is 11.7. The molecule has 0 heterocycles. The van der Waals surface area contributed by atoms with Gasteiger partial charge in [-0.2, -0.15) is 0 Å². The van der Waals surface area contributed by atoms with E-state index in [0.29, 0.717) is 5.76 Å². The minimum absolute atomic E-state index is 0.0271. The van der Waals surface area contributed by atoms with E-state index in [1.54, 1.807) is 7.11 Å². The number of hydrogen-bond donors (Lipinski definition) is 0. The largest absolute Gasteiger partial charge is 0.501 e. The van der Waals surface area contributed by atoms with Crippen molar-refractivity contribution in [2.75, 3.05) is 14.2 Å². The van der Waals surface area contributed by atoms with Crippen molar-refractivity contribution < 1.29 is 19.1 Å². The summed E-state index contributed by atoms with van der Waals surface area (Å²) in [5.74, 6) is 0.0515. The standard InChI is InChI=1S/C12H18O4/c1-4-5-8-9(6-12(14)16-3)10(13)7-11(8)15-2/h7-9H,4-6H2,1-3H3. The summed E-state index contributed by atoms with van der Waals surface area (Å²) in [6, 6.07) is 0. The van der Waals surface area contributed by atoms with E-state index in [1.807, 2.05) is 6.92 Å². The quantitative estimate of drug-likeness (QED) is 0.669. The third-order valence-electron chi connectivity index (χ3n) is 2.95. The Bertz CT molecular complexity index is 306. The van der Waals surface area contributed by atoms with Gasteiger partial charge in [0.2, 0.25) is 0 Å². The summed E-state index contributed by atoms with van der Waals surface area (Å²) in [6.45, 7) is 2.05. The van der Waals surface area contributed by atoms with Crippen molar-refractivity contribution in [3.05, 3.63) is 11.8 Å². The van der Waals surface area contributed by atoms with E-state index in [-0.39, 0.29) is 30.0 Å². The van der Waals surface area contributed by atoms with Crippen molar-refractivity contribution in [3.8, 4) is 0 Å². The number of rotatable bonds is 5. The van der Waals surface area contributed by atoms with E-state index >= 15 is 0 Å². The summed E-state index contributed by atoms with van der Waals surface area (Å²) in [4.78, 5) is 22.9. The molecule has 0 radical (unpaired) electrons. The van der Waals surface area contributed by atoms with Gasteiger partial charge in [-0.25, -0.2) is 0 Å². The van der Waals surface area contributed by atoms with Crippen LogP contribution < -0.4 is 0 Å². The van der Waals surface area contributed by atoms with Gasteiger partial charge < -0.3 is 9.47 Å². The molecule has 0 N–H and O–H groups in total. The molecule has 0 aromatic heterocycles. The van der Waals surface area contributed by atoms with Gasteiger partial charge in [-0.1, -0.05) is 13.3 Å². The maximum atomic E-state index is 11.7. The number of methoxy groups -OCH3 is 2. The van der Waals surface area contributed by atoms with Gasteiger partial charge in [0.25, 0.3) is 0 Å². The third kappa shape index (κ3) is 2.62. The Balaban J connectivity index is 2.75. The molecule has 16 heavy (non-hydrogen) atoms. The smallest absolute Gasteiger partial charge is 0.306 e. The van der Waals surface area contributed by atoms with Gasteiger partial charge in [-0.15, -0.1) is 0 Å². The highest BCUT2D eigenvalue weighted by molar-refractivity contribution is 5.97. The van der Waals surface area contributed by atoms with E-state index in [1.165, 1.54) is 13.2 Å². The van der Waals surface area contributed by atoms with Crippen LogP contribution in [0.4, 0.5) is 0 Å². The minimum atomic E-state index is -0.342. The van der Waals surface area contributed by atoms with Gasteiger partial charge >= 0.3 is 5.97 Å². The average molecular weight is 226 g/mol. The van der Waals surface area contributed by atoms with E-state index < -0.39 is 0 Å². The number of hydrogen-bond acceptors (Lipinski definition) is 4. The molecule has 1 aliphatic rings. The number of carbonyl (C=O) groups excluding carboxylic acids is 2. The molecule has 0 spiro atoms. The Kier molecular flexibility index (Phi) is 4.52. The summed E-state index contributed by atoms with van der Waals surface area (Å²) in [5, 5.41) is 0. The predicted octanol–water partition coefficient (Wildman–Crippen LogP) is 1.70. The second-order valence-electron chi connectivity index (χ2n) is 3.94. The van der Waals surface area contributed by atoms with Gasteiger partial charge in [0.15, 0.2) is 5.78 Å². The van der Waals surface area contributed by atoms with Crippen molar-refractivity contribution in [1.29, 1.82) is 0 Å². The Morgan fingerprint density at radius 2 is 2.06 bits per heavy atom. The number of esters is 1. The maximum Gasteiger partial charge on any atom is 0.306 e. The molecule has 4 nitrogen and oxygen atoms in total. The van der Waals surface area contributed by atoms with Crippen LogP contribution in [0.5, 0.6) is 0 Å². The summed E-state index contributed by atoms with van der Waals surface area (Å²) < 4.78 is 9.78. The Hall–Kier alpha value is -1.32. The van der Waals surface area contributed by atoms with E-state index in [2.05, 4.69) is 4.74 Å². The zero-order valence-corrected chi connectivity index (χ0v) is 9.99. The first-order valence-corrected chi connectivity index (χ1v) is 5.50. The summed E-state index contributed by atoms with van der Waals surface area (Å²) in [5.41, 5.74) is 0. The Morgan fingerprint density at radius 3 is 2.56 bits per heavy atom. The van der Waals surface area contributed by atoms with Crippen molar-refractivity contribution in [2.45, 2.75) is 26.2 Å². The van der Waals surface area contributed by atoms with E-state index in [0.717, 1.165) is 12.8 Å². The van der Waals surface area contributed by atoms with Crippen molar-refractivity contribution in [1.82, 2.24) is 0 Å². The predicted molar refractivity (Wildman–Crippen MR) is 58.6 cm³/mol. The normalized spacial score (nSPS) is 24.2. The van der Waals surface area contributed by atoms with Crippen LogP contribution in [0.2, 0.25) is 0 Å². The minimum Gasteiger partial charge on any atom is -0.501 e. The third-order valence-corrected chi connectivity index (χ3v) is 2.95. The highest BCUT2D eigenvalue weighted by Gasteiger charge is 2.37. The number of ether oxygens (including phenoxy) is 2. The van der Waals surface area contributed by atoms with Crippen LogP contribution in [0.1, 0.15) is 26.2 Å². The van der Waals surface area contributed by atoms with Crippen LogP contribution in [0.25, 0.3) is 0 Å². The SMILES string of the molecule is CCCC1C(OC)=CC(=O)C1CC(=O)OC. The van der Waals surface area contributed by atoms with Crippen molar-refractivity contribution in [3.63, 3.8) is 0 Å². The van der Waals surface area contributed by atoms with Crippen LogP contribution >= 0.6 is 0 Å². The molecule has 1 aliphatic carbocycles. The fourth-order valence-electron chi connectivity index (χ4n) is 2.12. The fraction of sp³-hybridized carbons (Fsp3) is 0.667. The summed E-state index contributed by atoms with van der Waals surface area (Å²) in [7, 11) is 2.89. The molecule has 2 unspecified atom stereocenters. The number of carbonyl (C=O) groups is 2. The Morgan fingerprint density at radius 1 is 1.38 bits per heavy atom. The molecule has 0 bridgehead atoms. The van der Waals surface area contributed by atoms with E-state index in [4.69, 9.17) is 4.74 Å². The highest BCUT2D eigenvalue weighted by Crippen LogP contribution is 2.35. The molecule has 1 rings (SSSR count). The van der Waals surface area contributed by atoms with Crippen LogP contribution in [-0.2, 0) is 19.1 Å². The van der Waals surface area contributed by atoms with Gasteiger partial charge in [-0.3, -0.25) is 9.59 Å². The highest BCUT2D eigenvalue weighted by atomic mass is 16.5. The second-order valence-corrected chi connectivity index (χ2v) is 3.94. The number of ketones is 1. The lowest BCUT2D eigenvalue weighted by molar-refractivity contribution is -0.143. The topological polar surface area (TPSA) is 52.6 Å². The number of allylic oxidation sites excluding steroid dienone is 2. The molecule has 90 valence electrons. The molecule has 4 heteroatoms. The summed E-state index contributed by atoms with van der Waals surface area (Å²) in [6.07, 6.45) is 3.46. The van der Waals surface area contributed by atoms with Gasteiger partial charge in [0.05, 0.1) is 20.6 Å². The zero-order valence-electron chi connectivity index (χ0n) is 9.99. The lowest BCUT2D eigenvalue weighted by Crippen LogP contribution is -2.22.